The van der Waals surface area contributed by atoms with E-state index in [2.05, 4.69) is 5.32 Å². The third-order valence-corrected chi connectivity index (χ3v) is 4.85. The standard InChI is InChI=1S/C21H17N3O2/c25-21(16-13-15(16)17-9-6-12-26-17)23-20-19(14-7-2-1-3-8-14)22-18-10-4-5-11-24(18)20/h1-12,15-16H,13H2,(H,23,25). The molecule has 5 nitrogen and oxygen atoms in total. The number of hydrogen-bond acceptors (Lipinski definition) is 3. The Morgan fingerprint density at radius 1 is 1.08 bits per heavy atom. The molecule has 26 heavy (non-hydrogen) atoms. The first-order valence-corrected chi connectivity index (χ1v) is 8.68. The number of carbonyl (C=O) groups is 1. The van der Waals surface area contributed by atoms with Gasteiger partial charge in [0.05, 0.1) is 6.26 Å². The van der Waals surface area contributed by atoms with E-state index in [4.69, 9.17) is 9.40 Å². The van der Waals surface area contributed by atoms with Gasteiger partial charge in [0.15, 0.2) is 0 Å². The van der Waals surface area contributed by atoms with Crippen LogP contribution in [0.3, 0.4) is 0 Å². The van der Waals surface area contributed by atoms with Gasteiger partial charge in [-0.25, -0.2) is 4.98 Å². The first-order valence-electron chi connectivity index (χ1n) is 8.68. The van der Waals surface area contributed by atoms with Crippen LogP contribution in [0.2, 0.25) is 0 Å². The molecule has 1 N–H and O–H groups in total. The Morgan fingerprint density at radius 2 is 1.92 bits per heavy atom. The van der Waals surface area contributed by atoms with Crippen LogP contribution in [0, 0.1) is 5.92 Å². The largest absolute Gasteiger partial charge is 0.469 e. The average molecular weight is 343 g/mol. The summed E-state index contributed by atoms with van der Waals surface area (Å²) in [4.78, 5) is 17.5. The van der Waals surface area contributed by atoms with Gasteiger partial charge in [0.2, 0.25) is 5.91 Å². The summed E-state index contributed by atoms with van der Waals surface area (Å²) in [5, 5.41) is 3.11. The highest BCUT2D eigenvalue weighted by atomic mass is 16.3. The van der Waals surface area contributed by atoms with Gasteiger partial charge in [0.1, 0.15) is 22.9 Å². The van der Waals surface area contributed by atoms with E-state index in [-0.39, 0.29) is 17.7 Å². The van der Waals surface area contributed by atoms with E-state index in [0.717, 1.165) is 29.1 Å². The van der Waals surface area contributed by atoms with Crippen LogP contribution >= 0.6 is 0 Å². The van der Waals surface area contributed by atoms with E-state index in [9.17, 15) is 4.79 Å². The Hall–Kier alpha value is -3.34. The molecule has 0 bridgehead atoms. The third kappa shape index (κ3) is 2.49. The fourth-order valence-electron chi connectivity index (χ4n) is 3.42. The summed E-state index contributed by atoms with van der Waals surface area (Å²) in [5.74, 6) is 1.71. The summed E-state index contributed by atoms with van der Waals surface area (Å²) < 4.78 is 7.36. The molecular formula is C21H17N3O2. The summed E-state index contributed by atoms with van der Waals surface area (Å²) in [5.41, 5.74) is 2.56. The number of aromatic nitrogens is 2. The Bertz CT molecular complexity index is 1070. The summed E-state index contributed by atoms with van der Waals surface area (Å²) in [6.07, 6.45) is 4.39. The van der Waals surface area contributed by atoms with E-state index >= 15 is 0 Å². The Morgan fingerprint density at radius 3 is 2.73 bits per heavy atom. The highest BCUT2D eigenvalue weighted by Crippen LogP contribution is 2.48. The second kappa shape index (κ2) is 5.88. The second-order valence-corrected chi connectivity index (χ2v) is 6.56. The van der Waals surface area contributed by atoms with Gasteiger partial charge in [-0.05, 0) is 30.7 Å². The van der Waals surface area contributed by atoms with E-state index < -0.39 is 0 Å². The second-order valence-electron chi connectivity index (χ2n) is 6.56. The van der Waals surface area contributed by atoms with Crippen molar-refractivity contribution >= 4 is 17.4 Å². The lowest BCUT2D eigenvalue weighted by Gasteiger charge is -2.07. The third-order valence-electron chi connectivity index (χ3n) is 4.85. The van der Waals surface area contributed by atoms with Crippen LogP contribution in [0.5, 0.6) is 0 Å². The fraction of sp³-hybridized carbons (Fsp3) is 0.143. The molecule has 3 heterocycles. The van der Waals surface area contributed by atoms with Crippen molar-refractivity contribution in [1.29, 1.82) is 0 Å². The van der Waals surface area contributed by atoms with Gasteiger partial charge in [-0.2, -0.15) is 0 Å². The first kappa shape index (κ1) is 15.0. The summed E-state index contributed by atoms with van der Waals surface area (Å²) >= 11 is 0. The zero-order valence-electron chi connectivity index (χ0n) is 14.0. The predicted molar refractivity (Wildman–Crippen MR) is 98.8 cm³/mol. The maximum Gasteiger partial charge on any atom is 0.229 e. The minimum Gasteiger partial charge on any atom is -0.469 e. The van der Waals surface area contributed by atoms with Crippen molar-refractivity contribution < 1.29 is 9.21 Å². The predicted octanol–water partition coefficient (Wildman–Crippen LogP) is 4.34. The molecule has 4 aromatic rings. The number of carbonyl (C=O) groups excluding carboxylic acids is 1. The monoisotopic (exact) mass is 343 g/mol. The smallest absolute Gasteiger partial charge is 0.229 e. The van der Waals surface area contributed by atoms with Gasteiger partial charge in [0.25, 0.3) is 0 Å². The molecule has 1 amide bonds. The van der Waals surface area contributed by atoms with Gasteiger partial charge < -0.3 is 9.73 Å². The quantitative estimate of drug-likeness (QED) is 0.600. The molecule has 0 spiro atoms. The Balaban J connectivity index is 1.49. The maximum absolute atomic E-state index is 12.8. The SMILES string of the molecule is O=C(Nc1c(-c2ccccc2)nc2ccccn12)C1CC1c1ccco1. The molecule has 128 valence electrons. The molecule has 1 aromatic carbocycles. The van der Waals surface area contributed by atoms with Gasteiger partial charge in [-0.15, -0.1) is 0 Å². The number of hydrogen-bond donors (Lipinski definition) is 1. The number of furan rings is 1. The van der Waals surface area contributed by atoms with Crippen molar-refractivity contribution in [2.75, 3.05) is 5.32 Å². The lowest BCUT2D eigenvalue weighted by atomic mass is 10.1. The molecular weight excluding hydrogens is 326 g/mol. The number of fused-ring (bicyclic) bond motifs is 1. The highest BCUT2D eigenvalue weighted by Gasteiger charge is 2.46. The number of benzene rings is 1. The number of imidazole rings is 1. The Labute approximate surface area is 150 Å². The summed E-state index contributed by atoms with van der Waals surface area (Å²) in [6, 6.07) is 19.5. The molecule has 2 atom stereocenters. The molecule has 1 fully saturated rings. The topological polar surface area (TPSA) is 59.5 Å². The van der Waals surface area contributed by atoms with E-state index in [1.807, 2.05) is 71.3 Å². The lowest BCUT2D eigenvalue weighted by Crippen LogP contribution is -2.16. The van der Waals surface area contributed by atoms with Crippen molar-refractivity contribution in [2.24, 2.45) is 5.92 Å². The zero-order chi connectivity index (χ0) is 17.5. The van der Waals surface area contributed by atoms with Crippen molar-refractivity contribution in [3.63, 3.8) is 0 Å². The van der Waals surface area contributed by atoms with Crippen LogP contribution < -0.4 is 5.32 Å². The molecule has 2 unspecified atom stereocenters. The van der Waals surface area contributed by atoms with Crippen LogP contribution in [0.15, 0.2) is 77.5 Å². The van der Waals surface area contributed by atoms with Crippen molar-refractivity contribution in [3.8, 4) is 11.3 Å². The number of nitrogens with zero attached hydrogens (tertiary/aromatic N) is 2. The minimum absolute atomic E-state index is 0.00855. The van der Waals surface area contributed by atoms with Gasteiger partial charge in [-0.1, -0.05) is 36.4 Å². The number of nitrogens with one attached hydrogen (secondary N) is 1. The van der Waals surface area contributed by atoms with Crippen LogP contribution in [0.25, 0.3) is 16.9 Å². The van der Waals surface area contributed by atoms with E-state index in [1.165, 1.54) is 0 Å². The molecule has 5 heteroatoms. The molecule has 3 aromatic heterocycles. The molecule has 0 radical (unpaired) electrons. The molecule has 1 aliphatic carbocycles. The van der Waals surface area contributed by atoms with E-state index in [0.29, 0.717) is 5.82 Å². The Kier molecular flexibility index (Phi) is 3.38. The first-order chi connectivity index (χ1) is 12.8. The number of amides is 1. The maximum atomic E-state index is 12.8. The number of rotatable bonds is 4. The summed E-state index contributed by atoms with van der Waals surface area (Å²) in [7, 11) is 0. The van der Waals surface area contributed by atoms with Crippen molar-refractivity contribution in [1.82, 2.24) is 9.38 Å². The van der Waals surface area contributed by atoms with Gasteiger partial charge >= 0.3 is 0 Å². The van der Waals surface area contributed by atoms with Crippen LogP contribution in [-0.2, 0) is 4.79 Å². The molecule has 1 aliphatic rings. The van der Waals surface area contributed by atoms with Crippen molar-refractivity contribution in [3.05, 3.63) is 78.9 Å². The van der Waals surface area contributed by atoms with Gasteiger partial charge in [0, 0.05) is 23.6 Å². The van der Waals surface area contributed by atoms with Crippen LogP contribution in [-0.4, -0.2) is 15.3 Å². The fourth-order valence-corrected chi connectivity index (χ4v) is 3.42. The molecule has 5 rings (SSSR count). The highest BCUT2D eigenvalue weighted by molar-refractivity contribution is 5.98. The number of anilines is 1. The van der Waals surface area contributed by atoms with Gasteiger partial charge in [-0.3, -0.25) is 9.20 Å². The molecule has 0 saturated heterocycles. The van der Waals surface area contributed by atoms with Crippen LogP contribution in [0.4, 0.5) is 5.82 Å². The number of pyridine rings is 1. The van der Waals surface area contributed by atoms with Crippen molar-refractivity contribution in [2.45, 2.75) is 12.3 Å². The van der Waals surface area contributed by atoms with E-state index in [1.54, 1.807) is 6.26 Å². The lowest BCUT2D eigenvalue weighted by molar-refractivity contribution is -0.117. The normalized spacial score (nSPS) is 18.8. The summed E-state index contributed by atoms with van der Waals surface area (Å²) in [6.45, 7) is 0. The zero-order valence-corrected chi connectivity index (χ0v) is 14.0. The molecule has 1 saturated carbocycles. The van der Waals surface area contributed by atoms with Crippen LogP contribution in [0.1, 0.15) is 18.1 Å². The average Bonchev–Trinajstić information content (AvgIpc) is 3.13. The minimum atomic E-state index is -0.0564. The molecule has 0 aliphatic heterocycles.